The van der Waals surface area contributed by atoms with Crippen molar-refractivity contribution in [3.05, 3.63) is 62.6 Å². The summed E-state index contributed by atoms with van der Waals surface area (Å²) < 4.78 is 0. The molecule has 2 aromatic rings. The largest absolute Gasteiger partial charge is 0.366 e. The normalized spacial score (nSPS) is 21.1. The topological polar surface area (TPSA) is 52.7 Å². The number of aryl methyl sites for hydroxylation is 1. The van der Waals surface area contributed by atoms with Gasteiger partial charge in [-0.05, 0) is 99.3 Å². The Kier molecular flexibility index (Phi) is 6.53. The van der Waals surface area contributed by atoms with E-state index in [1.54, 1.807) is 24.3 Å². The summed E-state index contributed by atoms with van der Waals surface area (Å²) in [5.74, 6) is -0.735. The van der Waals surface area contributed by atoms with Crippen LogP contribution in [0.1, 0.15) is 56.7 Å². The Morgan fingerprint density at radius 2 is 1.91 bits per heavy atom. The monoisotopic (exact) mass is 515 g/mol. The Morgan fingerprint density at radius 1 is 1.21 bits per heavy atom. The molecule has 0 radical (unpaired) electrons. The molecule has 1 saturated heterocycles. The molecule has 0 spiro atoms. The second-order valence-electron chi connectivity index (χ2n) is 9.46. The van der Waals surface area contributed by atoms with Crippen molar-refractivity contribution in [1.82, 2.24) is 5.32 Å². The molecular formula is C26H27Cl2N3O2S. The SMILES string of the molecule is CCN1c2cc(C)c(/C=C3\C(=O)NC(=S)N(c4cccc(Cl)c4Cl)C3=O)cc2C(C)CC1(C)C. The molecule has 1 atom stereocenters. The molecule has 2 aliphatic heterocycles. The fourth-order valence-electron chi connectivity index (χ4n) is 5.10. The predicted molar refractivity (Wildman–Crippen MR) is 144 cm³/mol. The van der Waals surface area contributed by atoms with Crippen molar-refractivity contribution >= 4 is 69.8 Å². The van der Waals surface area contributed by atoms with Crippen LogP contribution in [0, 0.1) is 6.92 Å². The number of halogens is 2. The first kappa shape index (κ1) is 24.7. The highest BCUT2D eigenvalue weighted by Crippen LogP contribution is 2.44. The van der Waals surface area contributed by atoms with E-state index in [2.05, 4.69) is 50.0 Å². The minimum atomic E-state index is -0.542. The summed E-state index contributed by atoms with van der Waals surface area (Å²) in [5, 5.41) is 3.06. The number of carbonyl (C=O) groups is 2. The van der Waals surface area contributed by atoms with Crippen molar-refractivity contribution in [2.24, 2.45) is 0 Å². The number of amides is 2. The number of nitrogens with zero attached hydrogens (tertiary/aromatic N) is 2. The van der Waals surface area contributed by atoms with Crippen LogP contribution in [0.4, 0.5) is 11.4 Å². The fraction of sp³-hybridized carbons (Fsp3) is 0.346. The van der Waals surface area contributed by atoms with Crippen molar-refractivity contribution in [3.8, 4) is 0 Å². The molecule has 1 N–H and O–H groups in total. The molecule has 34 heavy (non-hydrogen) atoms. The van der Waals surface area contributed by atoms with Crippen molar-refractivity contribution in [2.45, 2.75) is 52.5 Å². The van der Waals surface area contributed by atoms with Crippen molar-refractivity contribution < 1.29 is 9.59 Å². The molecule has 2 aromatic carbocycles. The summed E-state index contributed by atoms with van der Waals surface area (Å²) in [4.78, 5) is 29.9. The van der Waals surface area contributed by atoms with Crippen molar-refractivity contribution in [2.75, 3.05) is 16.3 Å². The van der Waals surface area contributed by atoms with Gasteiger partial charge < -0.3 is 4.90 Å². The molecule has 8 heteroatoms. The van der Waals surface area contributed by atoms with Crippen LogP contribution in [0.2, 0.25) is 10.0 Å². The third-order valence-electron chi connectivity index (χ3n) is 6.66. The number of carbonyl (C=O) groups excluding carboxylic acids is 2. The lowest BCUT2D eigenvalue weighted by molar-refractivity contribution is -0.122. The molecular weight excluding hydrogens is 489 g/mol. The van der Waals surface area contributed by atoms with Crippen LogP contribution >= 0.6 is 35.4 Å². The molecule has 0 bridgehead atoms. The number of anilines is 2. The van der Waals surface area contributed by atoms with E-state index in [1.807, 2.05) is 6.92 Å². The fourth-order valence-corrected chi connectivity index (χ4v) is 5.76. The van der Waals surface area contributed by atoms with Gasteiger partial charge >= 0.3 is 0 Å². The molecule has 2 heterocycles. The first-order valence-corrected chi connectivity index (χ1v) is 12.4. The molecule has 178 valence electrons. The molecule has 2 amide bonds. The van der Waals surface area contributed by atoms with Gasteiger partial charge in [-0.3, -0.25) is 19.8 Å². The van der Waals surface area contributed by atoms with Crippen LogP contribution in [-0.4, -0.2) is 29.0 Å². The van der Waals surface area contributed by atoms with Crippen LogP contribution in [0.25, 0.3) is 6.08 Å². The molecule has 1 fully saturated rings. The van der Waals surface area contributed by atoms with Crippen LogP contribution in [-0.2, 0) is 9.59 Å². The minimum absolute atomic E-state index is 0.0103. The van der Waals surface area contributed by atoms with E-state index in [-0.39, 0.29) is 21.2 Å². The number of thiocarbonyl (C=S) groups is 1. The number of rotatable bonds is 3. The highest BCUT2D eigenvalue weighted by atomic mass is 35.5. The smallest absolute Gasteiger partial charge is 0.270 e. The zero-order valence-corrected chi connectivity index (χ0v) is 22.2. The standard InChI is InChI=1S/C26H27Cl2N3O2S/c1-6-30-21-10-14(2)16(11-17(21)15(3)13-26(30,4)5)12-18-23(32)29-25(34)31(24(18)33)20-9-7-8-19(27)22(20)28/h7-12,15H,6,13H2,1-5H3,(H,29,32,34)/b18-12+. The van der Waals surface area contributed by atoms with Gasteiger partial charge in [-0.15, -0.1) is 0 Å². The van der Waals surface area contributed by atoms with Gasteiger partial charge in [-0.2, -0.15) is 0 Å². The summed E-state index contributed by atoms with van der Waals surface area (Å²) in [6.07, 6.45) is 2.66. The lowest BCUT2D eigenvalue weighted by Gasteiger charge is -2.47. The Bertz CT molecular complexity index is 1250. The van der Waals surface area contributed by atoms with E-state index >= 15 is 0 Å². The number of hydrogen-bond donors (Lipinski definition) is 1. The van der Waals surface area contributed by atoms with E-state index in [9.17, 15) is 9.59 Å². The maximum atomic E-state index is 13.5. The molecule has 0 aliphatic carbocycles. The maximum absolute atomic E-state index is 13.5. The lowest BCUT2D eigenvalue weighted by Crippen LogP contribution is -2.54. The van der Waals surface area contributed by atoms with Gasteiger partial charge in [0.15, 0.2) is 5.11 Å². The summed E-state index contributed by atoms with van der Waals surface area (Å²) in [6, 6.07) is 9.20. The Morgan fingerprint density at radius 3 is 2.59 bits per heavy atom. The van der Waals surface area contributed by atoms with Gasteiger partial charge in [0, 0.05) is 17.8 Å². The first-order valence-electron chi connectivity index (χ1n) is 11.2. The number of benzene rings is 2. The Hall–Kier alpha value is -2.41. The molecule has 2 aliphatic rings. The average Bonchev–Trinajstić information content (AvgIpc) is 2.74. The summed E-state index contributed by atoms with van der Waals surface area (Å²) in [7, 11) is 0. The third kappa shape index (κ3) is 4.12. The average molecular weight is 516 g/mol. The van der Waals surface area contributed by atoms with Gasteiger partial charge in [-0.25, -0.2) is 0 Å². The van der Waals surface area contributed by atoms with E-state index in [1.165, 1.54) is 16.2 Å². The zero-order valence-electron chi connectivity index (χ0n) is 19.8. The molecule has 0 saturated carbocycles. The second-order valence-corrected chi connectivity index (χ2v) is 10.6. The van der Waals surface area contributed by atoms with Crippen molar-refractivity contribution in [1.29, 1.82) is 0 Å². The number of hydrogen-bond acceptors (Lipinski definition) is 4. The van der Waals surface area contributed by atoms with E-state index < -0.39 is 11.8 Å². The first-order chi connectivity index (χ1) is 16.0. The quantitative estimate of drug-likeness (QED) is 0.298. The number of nitrogens with one attached hydrogen (secondary N) is 1. The van der Waals surface area contributed by atoms with Crippen LogP contribution in [0.15, 0.2) is 35.9 Å². The Balaban J connectivity index is 1.80. The molecule has 1 unspecified atom stereocenters. The van der Waals surface area contributed by atoms with Gasteiger partial charge in [0.05, 0.1) is 15.7 Å². The Labute approximate surface area is 215 Å². The summed E-state index contributed by atoms with van der Waals surface area (Å²) >= 11 is 17.8. The van der Waals surface area contributed by atoms with Crippen LogP contribution in [0.5, 0.6) is 0 Å². The van der Waals surface area contributed by atoms with E-state index in [0.29, 0.717) is 16.6 Å². The maximum Gasteiger partial charge on any atom is 0.270 e. The highest BCUT2D eigenvalue weighted by molar-refractivity contribution is 7.80. The highest BCUT2D eigenvalue weighted by Gasteiger charge is 2.37. The number of fused-ring (bicyclic) bond motifs is 1. The van der Waals surface area contributed by atoms with Crippen LogP contribution in [0.3, 0.4) is 0 Å². The zero-order chi connectivity index (χ0) is 24.9. The van der Waals surface area contributed by atoms with Gasteiger partial charge in [-0.1, -0.05) is 36.2 Å². The van der Waals surface area contributed by atoms with Gasteiger partial charge in [0.1, 0.15) is 5.57 Å². The van der Waals surface area contributed by atoms with E-state index in [0.717, 1.165) is 24.1 Å². The molecule has 5 nitrogen and oxygen atoms in total. The second kappa shape index (κ2) is 8.99. The molecule has 0 aromatic heterocycles. The van der Waals surface area contributed by atoms with Gasteiger partial charge in [0.2, 0.25) is 0 Å². The predicted octanol–water partition coefficient (Wildman–Crippen LogP) is 6.25. The minimum Gasteiger partial charge on any atom is -0.366 e. The summed E-state index contributed by atoms with van der Waals surface area (Å²) in [6.45, 7) is 11.8. The van der Waals surface area contributed by atoms with E-state index in [4.69, 9.17) is 35.4 Å². The third-order valence-corrected chi connectivity index (χ3v) is 7.76. The van der Waals surface area contributed by atoms with Crippen molar-refractivity contribution in [3.63, 3.8) is 0 Å². The lowest BCUT2D eigenvalue weighted by atomic mass is 9.79. The molecule has 4 rings (SSSR count). The summed E-state index contributed by atoms with van der Waals surface area (Å²) in [5.41, 5.74) is 4.60. The van der Waals surface area contributed by atoms with Gasteiger partial charge in [0.25, 0.3) is 11.8 Å². The van der Waals surface area contributed by atoms with Crippen LogP contribution < -0.4 is 15.1 Å².